The minimum atomic E-state index is -3.81. The quantitative estimate of drug-likeness (QED) is 0.401. The van der Waals surface area contributed by atoms with Crippen molar-refractivity contribution in [2.24, 2.45) is 0 Å². The molecule has 14 heteroatoms. The van der Waals surface area contributed by atoms with Crippen LogP contribution in [0, 0.1) is 0 Å². The summed E-state index contributed by atoms with van der Waals surface area (Å²) in [6.45, 7) is 2.98. The number of nitrogens with one attached hydrogen (secondary N) is 1. The van der Waals surface area contributed by atoms with Gasteiger partial charge in [0.05, 0.1) is 48.7 Å². The van der Waals surface area contributed by atoms with E-state index in [-0.39, 0.29) is 28.8 Å². The van der Waals surface area contributed by atoms with E-state index in [0.29, 0.717) is 37.8 Å². The molecule has 0 aliphatic carbocycles. The van der Waals surface area contributed by atoms with E-state index in [1.807, 2.05) is 0 Å². The van der Waals surface area contributed by atoms with Gasteiger partial charge in [0, 0.05) is 13.1 Å². The Morgan fingerprint density at radius 1 is 1.14 bits per heavy atom. The predicted octanol–water partition coefficient (Wildman–Crippen LogP) is 1.72. The van der Waals surface area contributed by atoms with Crippen molar-refractivity contribution >= 4 is 43.2 Å². The van der Waals surface area contributed by atoms with Crippen LogP contribution in [0.2, 0.25) is 5.02 Å². The number of ether oxygens (including phenoxy) is 3. The Morgan fingerprint density at radius 2 is 1.78 bits per heavy atom. The number of hydrogen-bond acceptors (Lipinski definition) is 8. The standard InChI is InChI=1S/C23H30ClN3O8S2/c1-17(27(36(3,29)30)18-4-9-22(33-2)21(24)16-18)23(28)25-10-13-35-19-5-7-20(8-6-19)37(31,32)26-11-14-34-15-12-26/h4-9,16-17H,10-15H2,1-3H3,(H,25,28). The van der Waals surface area contributed by atoms with Crippen LogP contribution in [0.5, 0.6) is 11.5 Å². The Bertz CT molecular complexity index is 1300. The first-order chi connectivity index (χ1) is 17.4. The highest BCUT2D eigenvalue weighted by molar-refractivity contribution is 7.92. The van der Waals surface area contributed by atoms with Crippen LogP contribution in [0.15, 0.2) is 47.4 Å². The van der Waals surface area contributed by atoms with Crippen LogP contribution in [0.3, 0.4) is 0 Å². The number of rotatable bonds is 11. The molecule has 1 unspecified atom stereocenters. The Hall–Kier alpha value is -2.58. The van der Waals surface area contributed by atoms with Gasteiger partial charge < -0.3 is 19.5 Å². The zero-order valence-electron chi connectivity index (χ0n) is 20.7. The fourth-order valence-corrected chi connectivity index (χ4v) is 6.56. The zero-order valence-corrected chi connectivity index (χ0v) is 23.1. The highest BCUT2D eigenvalue weighted by Gasteiger charge is 2.30. The number of amides is 1. The molecule has 1 amide bonds. The maximum absolute atomic E-state index is 12.7. The Kier molecular flexibility index (Phi) is 9.64. The van der Waals surface area contributed by atoms with Gasteiger partial charge in [0.25, 0.3) is 0 Å². The lowest BCUT2D eigenvalue weighted by molar-refractivity contribution is -0.121. The molecule has 1 N–H and O–H groups in total. The molecular weight excluding hydrogens is 546 g/mol. The van der Waals surface area contributed by atoms with E-state index in [1.54, 1.807) is 0 Å². The topological polar surface area (TPSA) is 132 Å². The molecular formula is C23H30ClN3O8S2. The lowest BCUT2D eigenvalue weighted by Gasteiger charge is -2.28. The third-order valence-electron chi connectivity index (χ3n) is 5.58. The first kappa shape index (κ1) is 29.0. The number of methoxy groups -OCH3 is 1. The lowest BCUT2D eigenvalue weighted by atomic mass is 10.2. The van der Waals surface area contributed by atoms with Crippen molar-refractivity contribution in [1.82, 2.24) is 9.62 Å². The normalized spacial score (nSPS) is 15.6. The van der Waals surface area contributed by atoms with E-state index < -0.39 is 32.0 Å². The van der Waals surface area contributed by atoms with E-state index in [1.165, 1.54) is 60.8 Å². The molecule has 11 nitrogen and oxygen atoms in total. The van der Waals surface area contributed by atoms with E-state index in [0.717, 1.165) is 10.6 Å². The van der Waals surface area contributed by atoms with Crippen molar-refractivity contribution in [3.05, 3.63) is 47.5 Å². The third-order valence-corrected chi connectivity index (χ3v) is 9.03. The van der Waals surface area contributed by atoms with Crippen LogP contribution in [0.25, 0.3) is 0 Å². The molecule has 0 saturated carbocycles. The second-order valence-corrected chi connectivity index (χ2v) is 12.4. The van der Waals surface area contributed by atoms with Gasteiger partial charge in [-0.05, 0) is 49.4 Å². The number of sulfonamides is 2. The smallest absolute Gasteiger partial charge is 0.243 e. The highest BCUT2D eigenvalue weighted by Crippen LogP contribution is 2.31. The second kappa shape index (κ2) is 12.3. The van der Waals surface area contributed by atoms with Crippen molar-refractivity contribution in [3.63, 3.8) is 0 Å². The predicted molar refractivity (Wildman–Crippen MR) is 139 cm³/mol. The summed E-state index contributed by atoms with van der Waals surface area (Å²) < 4.78 is 68.5. The summed E-state index contributed by atoms with van der Waals surface area (Å²) in [7, 11) is -5.98. The molecule has 1 aliphatic rings. The van der Waals surface area contributed by atoms with Crippen LogP contribution in [-0.4, -0.2) is 85.9 Å². The molecule has 0 spiro atoms. The minimum Gasteiger partial charge on any atom is -0.495 e. The molecule has 0 bridgehead atoms. The van der Waals surface area contributed by atoms with Gasteiger partial charge in [-0.1, -0.05) is 11.6 Å². The Morgan fingerprint density at radius 3 is 2.35 bits per heavy atom. The summed E-state index contributed by atoms with van der Waals surface area (Å²) in [5.74, 6) is 0.265. The maximum atomic E-state index is 12.7. The molecule has 1 saturated heterocycles. The van der Waals surface area contributed by atoms with Gasteiger partial charge in [-0.25, -0.2) is 16.8 Å². The summed E-state index contributed by atoms with van der Waals surface area (Å²) in [6, 6.07) is 9.37. The number of benzene rings is 2. The summed E-state index contributed by atoms with van der Waals surface area (Å²) in [6.07, 6.45) is 1.00. The fraction of sp³-hybridized carbons (Fsp3) is 0.435. The van der Waals surface area contributed by atoms with Gasteiger partial charge in [0.15, 0.2) is 0 Å². The molecule has 1 fully saturated rings. The fourth-order valence-electron chi connectivity index (χ4n) is 3.74. The van der Waals surface area contributed by atoms with Crippen LogP contribution in [-0.2, 0) is 29.6 Å². The average molecular weight is 576 g/mol. The van der Waals surface area contributed by atoms with Gasteiger partial charge in [0.1, 0.15) is 24.1 Å². The van der Waals surface area contributed by atoms with Crippen LogP contribution in [0.4, 0.5) is 5.69 Å². The van der Waals surface area contributed by atoms with Crippen molar-refractivity contribution in [2.75, 3.05) is 57.1 Å². The van der Waals surface area contributed by atoms with Crippen LogP contribution < -0.4 is 19.1 Å². The van der Waals surface area contributed by atoms with E-state index in [9.17, 15) is 21.6 Å². The number of nitrogens with zero attached hydrogens (tertiary/aromatic N) is 2. The largest absolute Gasteiger partial charge is 0.495 e. The number of anilines is 1. The van der Waals surface area contributed by atoms with Crippen molar-refractivity contribution in [2.45, 2.75) is 17.9 Å². The molecule has 1 atom stereocenters. The number of carbonyl (C=O) groups excluding carboxylic acids is 1. The molecule has 1 heterocycles. The van der Waals surface area contributed by atoms with E-state index in [4.69, 9.17) is 25.8 Å². The SMILES string of the molecule is COc1ccc(N(C(C)C(=O)NCCOc2ccc(S(=O)(=O)N3CCOCC3)cc2)S(C)(=O)=O)cc1Cl. The highest BCUT2D eigenvalue weighted by atomic mass is 35.5. The van der Waals surface area contributed by atoms with Crippen molar-refractivity contribution in [1.29, 1.82) is 0 Å². The van der Waals surface area contributed by atoms with Crippen molar-refractivity contribution < 1.29 is 35.8 Å². The summed E-state index contributed by atoms with van der Waals surface area (Å²) in [5.41, 5.74) is 0.222. The molecule has 1 aliphatic heterocycles. The third kappa shape index (κ3) is 7.26. The molecule has 0 radical (unpaired) electrons. The average Bonchev–Trinajstić information content (AvgIpc) is 2.86. The van der Waals surface area contributed by atoms with Gasteiger partial charge in [0.2, 0.25) is 26.0 Å². The van der Waals surface area contributed by atoms with Gasteiger partial charge >= 0.3 is 0 Å². The van der Waals surface area contributed by atoms with Crippen molar-refractivity contribution in [3.8, 4) is 11.5 Å². The minimum absolute atomic E-state index is 0.0846. The van der Waals surface area contributed by atoms with Crippen LogP contribution >= 0.6 is 11.6 Å². The van der Waals surface area contributed by atoms with E-state index >= 15 is 0 Å². The summed E-state index contributed by atoms with van der Waals surface area (Å²) >= 11 is 6.14. The monoisotopic (exact) mass is 575 g/mol. The zero-order chi connectivity index (χ0) is 27.2. The van der Waals surface area contributed by atoms with Gasteiger partial charge in [-0.15, -0.1) is 0 Å². The molecule has 2 aromatic rings. The number of carbonyl (C=O) groups is 1. The first-order valence-electron chi connectivity index (χ1n) is 11.4. The molecule has 3 rings (SSSR count). The second-order valence-electron chi connectivity index (χ2n) is 8.18. The summed E-state index contributed by atoms with van der Waals surface area (Å²) in [4.78, 5) is 12.9. The number of morpholine rings is 1. The van der Waals surface area contributed by atoms with Gasteiger partial charge in [-0.3, -0.25) is 9.10 Å². The molecule has 2 aromatic carbocycles. The Balaban J connectivity index is 1.56. The summed E-state index contributed by atoms with van der Waals surface area (Å²) in [5, 5.41) is 2.86. The first-order valence-corrected chi connectivity index (χ1v) is 15.0. The molecule has 204 valence electrons. The maximum Gasteiger partial charge on any atom is 0.243 e. The molecule has 0 aromatic heterocycles. The number of hydrogen-bond donors (Lipinski definition) is 1. The number of halogens is 1. The van der Waals surface area contributed by atoms with E-state index in [2.05, 4.69) is 5.32 Å². The lowest BCUT2D eigenvalue weighted by Crippen LogP contribution is -2.48. The molecule has 37 heavy (non-hydrogen) atoms. The van der Waals surface area contributed by atoms with Gasteiger partial charge in [-0.2, -0.15) is 4.31 Å². The van der Waals surface area contributed by atoms with Crippen LogP contribution in [0.1, 0.15) is 6.92 Å². The Labute approximate surface area is 222 Å².